The summed E-state index contributed by atoms with van der Waals surface area (Å²) in [5.41, 5.74) is 0. The van der Waals surface area contributed by atoms with Crippen LogP contribution in [0.5, 0.6) is 0 Å². The molecule has 306 valence electrons. The molecule has 12 unspecified atom stereocenters. The zero-order chi connectivity index (χ0) is 38.3. The molecular weight excluding hydrogens is 678 g/mol. The number of aliphatic hydroxyl groups excluding tert-OH is 8. The van der Waals surface area contributed by atoms with Gasteiger partial charge in [0.25, 0.3) is 0 Å². The SMILES string of the molecule is CCCCCCCCCC/C=C/C(O)C(COC1OC(CO)C(OC2OC(CO)C(O)C(O)C2O)C(O)C1O)NC(=O)CCCCCCCCCC. The first kappa shape index (κ1) is 46.9. The highest BCUT2D eigenvalue weighted by Crippen LogP contribution is 2.29. The summed E-state index contributed by atoms with van der Waals surface area (Å²) in [5, 5.41) is 85.9. The highest BCUT2D eigenvalue weighted by molar-refractivity contribution is 5.76. The Morgan fingerprint density at radius 2 is 1.19 bits per heavy atom. The summed E-state index contributed by atoms with van der Waals surface area (Å²) in [6.07, 6.45) is 5.80. The number of rotatable bonds is 28. The van der Waals surface area contributed by atoms with E-state index in [1.807, 2.05) is 6.08 Å². The third-order valence-electron chi connectivity index (χ3n) is 9.97. The lowest BCUT2D eigenvalue weighted by molar-refractivity contribution is -0.359. The number of nitrogens with one attached hydrogen (secondary N) is 1. The van der Waals surface area contributed by atoms with Crippen LogP contribution in [0.2, 0.25) is 0 Å². The van der Waals surface area contributed by atoms with E-state index in [2.05, 4.69) is 19.2 Å². The van der Waals surface area contributed by atoms with Gasteiger partial charge < -0.3 is 65.1 Å². The van der Waals surface area contributed by atoms with Gasteiger partial charge in [-0.15, -0.1) is 0 Å². The molecule has 9 N–H and O–H groups in total. The fourth-order valence-electron chi connectivity index (χ4n) is 6.58. The third-order valence-corrected chi connectivity index (χ3v) is 9.97. The van der Waals surface area contributed by atoms with Gasteiger partial charge in [0.1, 0.15) is 48.8 Å². The number of carbonyl (C=O) groups excluding carboxylic acids is 1. The maximum Gasteiger partial charge on any atom is 0.220 e. The Labute approximate surface area is 310 Å². The van der Waals surface area contributed by atoms with E-state index in [0.717, 1.165) is 38.5 Å². The fraction of sp³-hybridized carbons (Fsp3) is 0.921. The lowest BCUT2D eigenvalue weighted by Crippen LogP contribution is -2.65. The lowest BCUT2D eigenvalue weighted by Gasteiger charge is -2.46. The number of hydrogen-bond acceptors (Lipinski definition) is 13. The number of aliphatic hydroxyl groups is 8. The van der Waals surface area contributed by atoms with Crippen molar-refractivity contribution in [1.82, 2.24) is 5.32 Å². The second-order valence-corrected chi connectivity index (χ2v) is 14.4. The number of ether oxygens (including phenoxy) is 4. The summed E-state index contributed by atoms with van der Waals surface area (Å²) in [6, 6.07) is -0.903. The van der Waals surface area contributed by atoms with Crippen LogP contribution in [0.15, 0.2) is 12.2 Å². The smallest absolute Gasteiger partial charge is 0.220 e. The molecule has 0 spiro atoms. The van der Waals surface area contributed by atoms with Crippen molar-refractivity contribution in [3.05, 3.63) is 12.2 Å². The van der Waals surface area contributed by atoms with E-state index in [9.17, 15) is 45.6 Å². The zero-order valence-corrected chi connectivity index (χ0v) is 31.6. The fourth-order valence-corrected chi connectivity index (χ4v) is 6.58. The average molecular weight is 750 g/mol. The average Bonchev–Trinajstić information content (AvgIpc) is 3.14. The molecule has 14 nitrogen and oxygen atoms in total. The standard InChI is InChI=1S/C38H71NO13/c1-3-5-7-9-11-13-14-15-17-19-21-27(42)26(39-30(43)22-20-18-16-12-10-8-6-4-2)25-49-37-35(48)33(46)36(29(24-41)51-37)52-38-34(47)32(45)31(44)28(23-40)50-38/h19,21,26-29,31-38,40-42,44-48H,3-18,20,22-25H2,1-2H3,(H,39,43)/b21-19+. The van der Waals surface area contributed by atoms with Gasteiger partial charge in [0, 0.05) is 6.42 Å². The van der Waals surface area contributed by atoms with Crippen LogP contribution in [-0.2, 0) is 23.7 Å². The van der Waals surface area contributed by atoms with E-state index in [4.69, 9.17) is 18.9 Å². The van der Waals surface area contributed by atoms with E-state index in [0.29, 0.717) is 6.42 Å². The number of carbonyl (C=O) groups is 1. The molecule has 2 aliphatic rings. The number of hydrogen-bond donors (Lipinski definition) is 9. The van der Waals surface area contributed by atoms with E-state index in [1.54, 1.807) is 6.08 Å². The van der Waals surface area contributed by atoms with Crippen molar-refractivity contribution in [2.75, 3.05) is 19.8 Å². The highest BCUT2D eigenvalue weighted by atomic mass is 16.7. The van der Waals surface area contributed by atoms with Crippen molar-refractivity contribution in [2.45, 2.75) is 203 Å². The van der Waals surface area contributed by atoms with Crippen molar-refractivity contribution in [2.24, 2.45) is 0 Å². The zero-order valence-electron chi connectivity index (χ0n) is 31.6. The second kappa shape index (κ2) is 27.3. The van der Waals surface area contributed by atoms with E-state index in [-0.39, 0.29) is 18.9 Å². The Hall–Kier alpha value is -1.27. The van der Waals surface area contributed by atoms with Gasteiger partial charge in [0.05, 0.1) is 32.0 Å². The number of unbranched alkanes of at least 4 members (excludes halogenated alkanes) is 15. The molecule has 2 aliphatic heterocycles. The Morgan fingerprint density at radius 1 is 0.673 bits per heavy atom. The molecule has 2 fully saturated rings. The topological polar surface area (TPSA) is 228 Å². The Balaban J connectivity index is 1.97. The van der Waals surface area contributed by atoms with Crippen molar-refractivity contribution in [3.63, 3.8) is 0 Å². The van der Waals surface area contributed by atoms with Crippen molar-refractivity contribution >= 4 is 5.91 Å². The van der Waals surface area contributed by atoms with Crippen LogP contribution in [0.3, 0.4) is 0 Å². The molecule has 0 aromatic rings. The second-order valence-electron chi connectivity index (χ2n) is 14.4. The summed E-state index contributed by atoms with van der Waals surface area (Å²) in [7, 11) is 0. The quantitative estimate of drug-likeness (QED) is 0.0413. The van der Waals surface area contributed by atoms with Gasteiger partial charge in [-0.2, -0.15) is 0 Å². The Bertz CT molecular complexity index is 941. The molecule has 0 radical (unpaired) electrons. The van der Waals surface area contributed by atoms with Crippen LogP contribution < -0.4 is 5.32 Å². The largest absolute Gasteiger partial charge is 0.394 e. The van der Waals surface area contributed by atoms with Gasteiger partial charge in [-0.3, -0.25) is 4.79 Å². The van der Waals surface area contributed by atoms with Crippen molar-refractivity contribution in [3.8, 4) is 0 Å². The van der Waals surface area contributed by atoms with Crippen LogP contribution >= 0.6 is 0 Å². The van der Waals surface area contributed by atoms with E-state index < -0.39 is 86.8 Å². The Morgan fingerprint density at radius 3 is 1.77 bits per heavy atom. The summed E-state index contributed by atoms with van der Waals surface area (Å²) >= 11 is 0. The molecule has 0 aromatic carbocycles. The number of amides is 1. The molecule has 1 amide bonds. The van der Waals surface area contributed by atoms with Gasteiger partial charge in [-0.05, 0) is 19.3 Å². The van der Waals surface area contributed by atoms with E-state index >= 15 is 0 Å². The molecule has 0 aliphatic carbocycles. The monoisotopic (exact) mass is 749 g/mol. The first-order valence-corrected chi connectivity index (χ1v) is 19.9. The molecular formula is C38H71NO13. The molecule has 0 saturated carbocycles. The minimum absolute atomic E-state index is 0.249. The van der Waals surface area contributed by atoms with Gasteiger partial charge in [-0.1, -0.05) is 116 Å². The minimum Gasteiger partial charge on any atom is -0.394 e. The summed E-state index contributed by atoms with van der Waals surface area (Å²) in [4.78, 5) is 12.9. The predicted octanol–water partition coefficient (Wildman–Crippen LogP) is 2.09. The molecule has 2 rings (SSSR count). The van der Waals surface area contributed by atoms with Gasteiger partial charge in [0.15, 0.2) is 12.6 Å². The first-order valence-electron chi connectivity index (χ1n) is 19.9. The predicted molar refractivity (Wildman–Crippen MR) is 194 cm³/mol. The molecule has 2 saturated heterocycles. The summed E-state index contributed by atoms with van der Waals surface area (Å²) in [5.74, 6) is -0.249. The molecule has 0 bridgehead atoms. The van der Waals surface area contributed by atoms with Crippen LogP contribution in [0.4, 0.5) is 0 Å². The molecule has 2 heterocycles. The summed E-state index contributed by atoms with van der Waals surface area (Å²) < 4.78 is 22.5. The van der Waals surface area contributed by atoms with Gasteiger partial charge >= 0.3 is 0 Å². The van der Waals surface area contributed by atoms with Crippen LogP contribution in [0, 0.1) is 0 Å². The van der Waals surface area contributed by atoms with Crippen molar-refractivity contribution in [1.29, 1.82) is 0 Å². The molecule has 14 heteroatoms. The van der Waals surface area contributed by atoms with Crippen LogP contribution in [0.1, 0.15) is 129 Å². The first-order chi connectivity index (χ1) is 25.1. The van der Waals surface area contributed by atoms with Crippen LogP contribution in [0.25, 0.3) is 0 Å². The molecule has 0 aromatic heterocycles. The Kier molecular flexibility index (Phi) is 24.6. The van der Waals surface area contributed by atoms with Gasteiger partial charge in [0.2, 0.25) is 5.91 Å². The highest BCUT2D eigenvalue weighted by Gasteiger charge is 2.50. The molecule has 12 atom stereocenters. The third kappa shape index (κ3) is 16.6. The molecule has 52 heavy (non-hydrogen) atoms. The number of allylic oxidation sites excluding steroid dienone is 1. The van der Waals surface area contributed by atoms with Crippen LogP contribution in [-0.4, -0.2) is 140 Å². The van der Waals surface area contributed by atoms with E-state index in [1.165, 1.54) is 64.2 Å². The normalized spacial score (nSPS) is 30.8. The van der Waals surface area contributed by atoms with Crippen molar-refractivity contribution < 1.29 is 64.6 Å². The maximum atomic E-state index is 12.9. The van der Waals surface area contributed by atoms with Gasteiger partial charge in [-0.25, -0.2) is 0 Å². The lowest BCUT2D eigenvalue weighted by atomic mass is 9.97. The minimum atomic E-state index is -1.78. The summed E-state index contributed by atoms with van der Waals surface area (Å²) in [6.45, 7) is 2.68. The maximum absolute atomic E-state index is 12.9.